The lowest BCUT2D eigenvalue weighted by Gasteiger charge is -2.28. The number of carbonyl (C=O) groups excluding carboxylic acids is 1. The molecule has 1 atom stereocenters. The summed E-state index contributed by atoms with van der Waals surface area (Å²) in [5, 5.41) is 10.6. The van der Waals surface area contributed by atoms with Gasteiger partial charge in [-0.2, -0.15) is 5.26 Å². The molecule has 1 aromatic carbocycles. The number of hydrogen-bond donors (Lipinski definition) is 0. The van der Waals surface area contributed by atoms with Crippen LogP contribution < -0.4 is 0 Å². The van der Waals surface area contributed by atoms with Crippen molar-refractivity contribution in [3.8, 4) is 6.07 Å². The molecule has 3 rings (SSSR count). The predicted octanol–water partition coefficient (Wildman–Crippen LogP) is 5.14. The van der Waals surface area contributed by atoms with E-state index in [2.05, 4.69) is 6.07 Å². The summed E-state index contributed by atoms with van der Waals surface area (Å²) in [6.45, 7) is 3.60. The number of carbonyl (C=O) groups is 1. The fourth-order valence-electron chi connectivity index (χ4n) is 3.00. The number of allylic oxidation sites excluding steroid dienone is 2. The van der Waals surface area contributed by atoms with Gasteiger partial charge < -0.3 is 9.47 Å². The first-order chi connectivity index (χ1) is 13.0. The van der Waals surface area contributed by atoms with Crippen molar-refractivity contribution in [1.29, 1.82) is 5.26 Å². The van der Waals surface area contributed by atoms with Crippen LogP contribution in [0.4, 0.5) is 0 Å². The normalized spacial score (nSPS) is 16.8. The standard InChI is InChI=1S/C20H16Cl2N2O3/c1-3-26-20(25)17-12(2)27-19(24-8-4-5-9-24)14(11-23)18(17)13-6-7-15(21)16(22)10-13/h4-10,18H,3H2,1-2H3/t18-/m0/s1. The first-order valence-corrected chi connectivity index (χ1v) is 9.01. The highest BCUT2D eigenvalue weighted by molar-refractivity contribution is 6.42. The van der Waals surface area contributed by atoms with Crippen LogP contribution in [-0.2, 0) is 14.3 Å². The van der Waals surface area contributed by atoms with Crippen LogP contribution in [0.5, 0.6) is 0 Å². The molecule has 1 aliphatic rings. The molecule has 1 aromatic heterocycles. The van der Waals surface area contributed by atoms with E-state index in [9.17, 15) is 10.1 Å². The van der Waals surface area contributed by atoms with Crippen molar-refractivity contribution in [2.75, 3.05) is 6.61 Å². The molecule has 5 nitrogen and oxygen atoms in total. The topological polar surface area (TPSA) is 64.2 Å². The highest BCUT2D eigenvalue weighted by atomic mass is 35.5. The van der Waals surface area contributed by atoms with E-state index in [0.717, 1.165) is 0 Å². The monoisotopic (exact) mass is 402 g/mol. The van der Waals surface area contributed by atoms with E-state index in [0.29, 0.717) is 27.3 Å². The first-order valence-electron chi connectivity index (χ1n) is 8.26. The number of hydrogen-bond acceptors (Lipinski definition) is 4. The van der Waals surface area contributed by atoms with E-state index in [-0.39, 0.29) is 17.8 Å². The molecule has 0 aliphatic carbocycles. The number of nitriles is 1. The van der Waals surface area contributed by atoms with Crippen LogP contribution in [0.3, 0.4) is 0 Å². The summed E-state index contributed by atoms with van der Waals surface area (Å²) in [6, 6.07) is 10.8. The number of benzene rings is 1. The molecule has 7 heteroatoms. The minimum atomic E-state index is -0.685. The van der Waals surface area contributed by atoms with Gasteiger partial charge in [0.1, 0.15) is 17.4 Å². The second-order valence-corrected chi connectivity index (χ2v) is 6.63. The Labute approximate surface area is 167 Å². The second kappa shape index (κ2) is 7.91. The molecule has 0 unspecified atom stereocenters. The van der Waals surface area contributed by atoms with Gasteiger partial charge in [0.05, 0.1) is 28.1 Å². The SMILES string of the molecule is CCOC(=O)C1=C(C)OC(n2cccc2)=C(C#N)[C@@H]1c1ccc(Cl)c(Cl)c1. The lowest BCUT2D eigenvalue weighted by atomic mass is 9.83. The number of aromatic nitrogens is 1. The van der Waals surface area contributed by atoms with Crippen molar-refractivity contribution in [1.82, 2.24) is 4.57 Å². The Morgan fingerprint density at radius 1 is 1.30 bits per heavy atom. The lowest BCUT2D eigenvalue weighted by Crippen LogP contribution is -2.24. The average molecular weight is 403 g/mol. The van der Waals surface area contributed by atoms with Gasteiger partial charge in [-0.25, -0.2) is 4.79 Å². The van der Waals surface area contributed by atoms with Crippen molar-refractivity contribution in [3.05, 3.63) is 75.2 Å². The van der Waals surface area contributed by atoms with Crippen molar-refractivity contribution in [2.24, 2.45) is 0 Å². The minimum absolute atomic E-state index is 0.208. The van der Waals surface area contributed by atoms with Gasteiger partial charge >= 0.3 is 5.97 Å². The Morgan fingerprint density at radius 2 is 2.00 bits per heavy atom. The molecule has 0 saturated heterocycles. The van der Waals surface area contributed by atoms with E-state index in [1.54, 1.807) is 49.0 Å². The van der Waals surface area contributed by atoms with E-state index in [1.807, 2.05) is 12.1 Å². The average Bonchev–Trinajstić information content (AvgIpc) is 3.17. The number of halogens is 2. The molecule has 2 aromatic rings. The van der Waals surface area contributed by atoms with Crippen molar-refractivity contribution < 1.29 is 14.3 Å². The molecule has 0 saturated carbocycles. The number of esters is 1. The van der Waals surface area contributed by atoms with Gasteiger partial charge in [0.2, 0.25) is 5.88 Å². The Morgan fingerprint density at radius 3 is 2.59 bits per heavy atom. The van der Waals surface area contributed by atoms with Gasteiger partial charge in [0, 0.05) is 12.4 Å². The first kappa shape index (κ1) is 19.1. The maximum absolute atomic E-state index is 12.6. The largest absolute Gasteiger partial charge is 0.463 e. The van der Waals surface area contributed by atoms with Crippen molar-refractivity contribution in [2.45, 2.75) is 19.8 Å². The van der Waals surface area contributed by atoms with Crippen molar-refractivity contribution >= 4 is 35.1 Å². The minimum Gasteiger partial charge on any atom is -0.463 e. The summed E-state index contributed by atoms with van der Waals surface area (Å²) in [6.07, 6.45) is 3.53. The van der Waals surface area contributed by atoms with Crippen molar-refractivity contribution in [3.63, 3.8) is 0 Å². The molecular weight excluding hydrogens is 387 g/mol. The third-order valence-electron chi connectivity index (χ3n) is 4.17. The van der Waals surface area contributed by atoms with Crippen LogP contribution in [0, 0.1) is 11.3 Å². The molecule has 0 fully saturated rings. The Kier molecular flexibility index (Phi) is 5.59. The molecule has 138 valence electrons. The summed E-state index contributed by atoms with van der Waals surface area (Å²) in [7, 11) is 0. The maximum Gasteiger partial charge on any atom is 0.338 e. The summed E-state index contributed by atoms with van der Waals surface area (Å²) >= 11 is 12.2. The molecule has 0 bridgehead atoms. The van der Waals surface area contributed by atoms with E-state index in [1.165, 1.54) is 0 Å². The Bertz CT molecular complexity index is 985. The molecule has 0 amide bonds. The predicted molar refractivity (Wildman–Crippen MR) is 103 cm³/mol. The highest BCUT2D eigenvalue weighted by Gasteiger charge is 2.37. The van der Waals surface area contributed by atoms with Gasteiger partial charge in [-0.05, 0) is 43.7 Å². The number of nitrogens with zero attached hydrogens (tertiary/aromatic N) is 2. The van der Waals surface area contributed by atoms with Gasteiger partial charge in [-0.15, -0.1) is 0 Å². The molecular formula is C20H16Cl2N2O3. The summed E-state index contributed by atoms with van der Waals surface area (Å²) in [4.78, 5) is 12.6. The fraction of sp³-hybridized carbons (Fsp3) is 0.200. The van der Waals surface area contributed by atoms with E-state index in [4.69, 9.17) is 32.7 Å². The zero-order valence-electron chi connectivity index (χ0n) is 14.7. The smallest absolute Gasteiger partial charge is 0.338 e. The second-order valence-electron chi connectivity index (χ2n) is 5.82. The van der Waals surface area contributed by atoms with Crippen LogP contribution in [0.25, 0.3) is 5.88 Å². The third-order valence-corrected chi connectivity index (χ3v) is 4.91. The Balaban J connectivity index is 2.24. The fourth-order valence-corrected chi connectivity index (χ4v) is 3.30. The molecule has 0 spiro atoms. The lowest BCUT2D eigenvalue weighted by molar-refractivity contribution is -0.139. The quantitative estimate of drug-likeness (QED) is 0.664. The number of rotatable bonds is 4. The van der Waals surface area contributed by atoms with Crippen LogP contribution in [-0.4, -0.2) is 17.1 Å². The van der Waals surface area contributed by atoms with Gasteiger partial charge in [0.15, 0.2) is 0 Å². The van der Waals surface area contributed by atoms with Crippen LogP contribution in [0.15, 0.2) is 59.6 Å². The van der Waals surface area contributed by atoms with Gasteiger partial charge in [-0.3, -0.25) is 4.57 Å². The maximum atomic E-state index is 12.6. The zero-order chi connectivity index (χ0) is 19.6. The van der Waals surface area contributed by atoms with Gasteiger partial charge in [0.25, 0.3) is 0 Å². The van der Waals surface area contributed by atoms with Crippen LogP contribution >= 0.6 is 23.2 Å². The zero-order valence-corrected chi connectivity index (χ0v) is 16.2. The Hall–Kier alpha value is -2.68. The summed E-state index contributed by atoms with van der Waals surface area (Å²) < 4.78 is 12.8. The van der Waals surface area contributed by atoms with E-state index < -0.39 is 11.9 Å². The van der Waals surface area contributed by atoms with E-state index >= 15 is 0 Å². The molecule has 0 radical (unpaired) electrons. The van der Waals surface area contributed by atoms with Crippen LogP contribution in [0.2, 0.25) is 10.0 Å². The number of ether oxygens (including phenoxy) is 2. The highest BCUT2D eigenvalue weighted by Crippen LogP contribution is 2.43. The third kappa shape index (κ3) is 3.59. The molecule has 1 aliphatic heterocycles. The summed E-state index contributed by atoms with van der Waals surface area (Å²) in [5.74, 6) is -0.517. The van der Waals surface area contributed by atoms with Crippen LogP contribution in [0.1, 0.15) is 25.3 Å². The molecule has 0 N–H and O–H groups in total. The molecule has 2 heterocycles. The summed E-state index contributed by atoms with van der Waals surface area (Å²) in [5.41, 5.74) is 1.19. The van der Waals surface area contributed by atoms with Gasteiger partial charge in [-0.1, -0.05) is 29.3 Å². The molecule has 27 heavy (non-hydrogen) atoms.